The van der Waals surface area contributed by atoms with Crippen LogP contribution in [0, 0.1) is 18.3 Å². The molecule has 2 aromatic heterocycles. The van der Waals surface area contributed by atoms with Gasteiger partial charge in [0, 0.05) is 17.2 Å². The molecule has 0 amide bonds. The normalized spacial score (nSPS) is 10.8. The zero-order valence-electron chi connectivity index (χ0n) is 13.8. The molecule has 0 aliphatic carbocycles. The summed E-state index contributed by atoms with van der Waals surface area (Å²) < 4.78 is 1.34. The molecule has 0 fully saturated rings. The van der Waals surface area contributed by atoms with Crippen LogP contribution in [0.2, 0.25) is 5.02 Å². The Labute approximate surface area is 154 Å². The number of aryl methyl sites for hydroxylation is 1. The first-order valence-electron chi connectivity index (χ1n) is 7.96. The van der Waals surface area contributed by atoms with Crippen molar-refractivity contribution in [3.8, 4) is 28.6 Å². The number of benzene rings is 2. The molecule has 26 heavy (non-hydrogen) atoms. The number of fused-ring (bicyclic) bond motifs is 1. The molecule has 0 radical (unpaired) electrons. The van der Waals surface area contributed by atoms with Gasteiger partial charge in [0.2, 0.25) is 0 Å². The second-order valence-corrected chi connectivity index (χ2v) is 6.33. The van der Waals surface area contributed by atoms with Crippen molar-refractivity contribution in [2.75, 3.05) is 0 Å². The predicted molar refractivity (Wildman–Crippen MR) is 101 cm³/mol. The highest BCUT2D eigenvalue weighted by Gasteiger charge is 2.16. The third kappa shape index (κ3) is 2.57. The van der Waals surface area contributed by atoms with Crippen molar-refractivity contribution in [2.45, 2.75) is 6.92 Å². The minimum absolute atomic E-state index is 0.252. The van der Waals surface area contributed by atoms with E-state index in [9.17, 15) is 4.79 Å². The second-order valence-electron chi connectivity index (χ2n) is 5.93. The molecule has 0 saturated heterocycles. The van der Waals surface area contributed by atoms with Gasteiger partial charge in [-0.25, -0.2) is 0 Å². The van der Waals surface area contributed by atoms with Crippen molar-refractivity contribution in [1.82, 2.24) is 14.6 Å². The molecule has 4 rings (SSSR count). The minimum atomic E-state index is -0.252. The summed E-state index contributed by atoms with van der Waals surface area (Å²) >= 11 is 6.29. The lowest BCUT2D eigenvalue weighted by atomic mass is 10.1. The molecule has 5 nitrogen and oxygen atoms in total. The van der Waals surface area contributed by atoms with Gasteiger partial charge in [-0.3, -0.25) is 4.79 Å². The van der Waals surface area contributed by atoms with Crippen LogP contribution in [0.25, 0.3) is 28.2 Å². The van der Waals surface area contributed by atoms with Crippen LogP contribution in [0.4, 0.5) is 0 Å². The van der Waals surface area contributed by atoms with Crippen molar-refractivity contribution in [1.29, 1.82) is 5.26 Å². The number of nitrogens with one attached hydrogen (secondary N) is 1. The molecule has 0 aliphatic rings. The van der Waals surface area contributed by atoms with Crippen LogP contribution in [0.15, 0.2) is 59.4 Å². The lowest BCUT2D eigenvalue weighted by Crippen LogP contribution is -2.14. The van der Waals surface area contributed by atoms with E-state index in [1.807, 2.05) is 31.2 Å². The molecule has 1 N–H and O–H groups in total. The topological polar surface area (TPSA) is 74.0 Å². The average molecular weight is 361 g/mol. The van der Waals surface area contributed by atoms with Crippen LogP contribution in [-0.2, 0) is 0 Å². The number of halogens is 1. The Balaban J connectivity index is 1.96. The van der Waals surface area contributed by atoms with Gasteiger partial charge in [0.1, 0.15) is 5.65 Å². The maximum absolute atomic E-state index is 12.6. The molecular formula is C20H13ClN4O. The molecule has 0 bridgehead atoms. The van der Waals surface area contributed by atoms with Gasteiger partial charge in [-0.15, -0.1) is 0 Å². The van der Waals surface area contributed by atoms with E-state index in [2.05, 4.69) is 16.2 Å². The summed E-state index contributed by atoms with van der Waals surface area (Å²) in [6.07, 6.45) is 0. The van der Waals surface area contributed by atoms with Crippen molar-refractivity contribution >= 4 is 17.2 Å². The standard InChI is InChI=1S/C20H13ClN4O/c1-12-19(15-7-2-3-8-16(15)21)24-25-18(26)10-17(23-20(12)25)14-6-4-5-13(9-14)11-22/h2-10,23H,1H3. The van der Waals surface area contributed by atoms with E-state index in [-0.39, 0.29) is 5.56 Å². The van der Waals surface area contributed by atoms with E-state index in [0.29, 0.717) is 27.6 Å². The molecule has 2 aromatic carbocycles. The molecule has 0 aliphatic heterocycles. The number of hydrogen-bond donors (Lipinski definition) is 1. The highest BCUT2D eigenvalue weighted by atomic mass is 35.5. The highest BCUT2D eigenvalue weighted by Crippen LogP contribution is 2.30. The fourth-order valence-electron chi connectivity index (χ4n) is 2.97. The summed E-state index contributed by atoms with van der Waals surface area (Å²) in [7, 11) is 0. The smallest absolute Gasteiger partial charge is 0.274 e. The van der Waals surface area contributed by atoms with Gasteiger partial charge in [0.25, 0.3) is 5.56 Å². The summed E-state index contributed by atoms with van der Waals surface area (Å²) in [5.41, 5.74) is 4.54. The lowest BCUT2D eigenvalue weighted by Gasteiger charge is -2.04. The third-order valence-electron chi connectivity index (χ3n) is 4.28. The largest absolute Gasteiger partial charge is 0.339 e. The molecular weight excluding hydrogens is 348 g/mol. The van der Waals surface area contributed by atoms with Crippen molar-refractivity contribution in [3.05, 3.63) is 81.1 Å². The molecule has 4 aromatic rings. The van der Waals surface area contributed by atoms with Gasteiger partial charge >= 0.3 is 0 Å². The first kappa shape index (κ1) is 16.1. The lowest BCUT2D eigenvalue weighted by molar-refractivity contribution is 0.904. The highest BCUT2D eigenvalue weighted by molar-refractivity contribution is 6.33. The van der Waals surface area contributed by atoms with Crippen molar-refractivity contribution < 1.29 is 0 Å². The minimum Gasteiger partial charge on any atom is -0.339 e. The molecule has 0 spiro atoms. The number of H-pyrrole nitrogens is 1. The Morgan fingerprint density at radius 3 is 2.73 bits per heavy atom. The van der Waals surface area contributed by atoms with Gasteiger partial charge in [-0.2, -0.15) is 14.9 Å². The van der Waals surface area contributed by atoms with Gasteiger partial charge in [0.15, 0.2) is 0 Å². The molecule has 0 saturated carbocycles. The van der Waals surface area contributed by atoms with E-state index in [1.165, 1.54) is 10.6 Å². The molecule has 2 heterocycles. The number of hydrogen-bond acceptors (Lipinski definition) is 3. The number of aromatic amines is 1. The first-order chi connectivity index (χ1) is 12.6. The SMILES string of the molecule is Cc1c(-c2ccccc2Cl)nn2c(=O)cc(-c3cccc(C#N)c3)[nH]c12. The summed E-state index contributed by atoms with van der Waals surface area (Å²) in [6.45, 7) is 1.90. The monoisotopic (exact) mass is 360 g/mol. The number of nitrogens with zero attached hydrogens (tertiary/aromatic N) is 3. The van der Waals surface area contributed by atoms with Crippen LogP contribution in [0.3, 0.4) is 0 Å². The van der Waals surface area contributed by atoms with E-state index in [4.69, 9.17) is 16.9 Å². The molecule has 6 heteroatoms. The summed E-state index contributed by atoms with van der Waals surface area (Å²) in [5, 5.41) is 14.1. The maximum Gasteiger partial charge on any atom is 0.274 e. The first-order valence-corrected chi connectivity index (χ1v) is 8.34. The summed E-state index contributed by atoms with van der Waals surface area (Å²) in [4.78, 5) is 15.9. The zero-order valence-corrected chi connectivity index (χ0v) is 14.6. The Hall–Kier alpha value is -3.36. The average Bonchev–Trinajstić information content (AvgIpc) is 2.99. The van der Waals surface area contributed by atoms with E-state index in [1.54, 1.807) is 24.3 Å². The predicted octanol–water partition coefficient (Wildman–Crippen LogP) is 4.19. The third-order valence-corrected chi connectivity index (χ3v) is 4.61. The molecule has 0 unspecified atom stereocenters. The number of rotatable bonds is 2. The Kier molecular flexibility index (Phi) is 3.83. The van der Waals surface area contributed by atoms with Crippen LogP contribution in [0.1, 0.15) is 11.1 Å². The summed E-state index contributed by atoms with van der Waals surface area (Å²) in [5.74, 6) is 0. The van der Waals surface area contributed by atoms with E-state index >= 15 is 0 Å². The van der Waals surface area contributed by atoms with Crippen molar-refractivity contribution in [3.63, 3.8) is 0 Å². The van der Waals surface area contributed by atoms with Crippen LogP contribution in [0.5, 0.6) is 0 Å². The van der Waals surface area contributed by atoms with E-state index < -0.39 is 0 Å². The Bertz CT molecular complexity index is 1250. The van der Waals surface area contributed by atoms with Gasteiger partial charge in [0.05, 0.1) is 28.0 Å². The van der Waals surface area contributed by atoms with Gasteiger partial charge < -0.3 is 4.98 Å². The Morgan fingerprint density at radius 2 is 1.96 bits per heavy atom. The zero-order chi connectivity index (χ0) is 18.3. The maximum atomic E-state index is 12.6. The van der Waals surface area contributed by atoms with Crippen molar-refractivity contribution in [2.24, 2.45) is 0 Å². The van der Waals surface area contributed by atoms with E-state index in [0.717, 1.165) is 16.7 Å². The van der Waals surface area contributed by atoms with Crippen LogP contribution < -0.4 is 5.56 Å². The van der Waals surface area contributed by atoms with Crippen LogP contribution >= 0.6 is 11.6 Å². The fourth-order valence-corrected chi connectivity index (χ4v) is 3.20. The Morgan fingerprint density at radius 1 is 1.15 bits per heavy atom. The van der Waals surface area contributed by atoms with Gasteiger partial charge in [-0.05, 0) is 30.7 Å². The van der Waals surface area contributed by atoms with Gasteiger partial charge in [-0.1, -0.05) is 41.9 Å². The van der Waals surface area contributed by atoms with Crippen LogP contribution in [-0.4, -0.2) is 14.6 Å². The molecule has 126 valence electrons. The quantitative estimate of drug-likeness (QED) is 0.582. The fraction of sp³-hybridized carbons (Fsp3) is 0.0500. The molecule has 0 atom stereocenters. The summed E-state index contributed by atoms with van der Waals surface area (Å²) in [6, 6.07) is 18.1. The second kappa shape index (κ2) is 6.17. The number of aromatic nitrogens is 3. The number of nitriles is 1.